The quantitative estimate of drug-likeness (QED) is 0.515. The summed E-state index contributed by atoms with van der Waals surface area (Å²) in [6, 6.07) is 9.55. The van der Waals surface area contributed by atoms with Crippen LogP contribution in [0.4, 0.5) is 5.69 Å². The third kappa shape index (κ3) is 4.79. The number of rotatable bonds is 5. The molecule has 0 amide bonds. The molecule has 6 heteroatoms. The zero-order valence-corrected chi connectivity index (χ0v) is 16.8. The maximum absolute atomic E-state index is 6.01. The summed E-state index contributed by atoms with van der Waals surface area (Å²) < 4.78 is 7.61. The van der Waals surface area contributed by atoms with Gasteiger partial charge in [-0.1, -0.05) is 23.2 Å². The van der Waals surface area contributed by atoms with Crippen molar-refractivity contribution in [1.29, 1.82) is 0 Å². The summed E-state index contributed by atoms with van der Waals surface area (Å²) in [5, 5.41) is 4.40. The Morgan fingerprint density at radius 2 is 1.68 bits per heavy atom. The lowest BCUT2D eigenvalue weighted by Crippen LogP contribution is -2.07. The Morgan fingerprint density at radius 3 is 2.23 bits per heavy atom. The van der Waals surface area contributed by atoms with E-state index < -0.39 is 0 Å². The van der Waals surface area contributed by atoms with Crippen molar-refractivity contribution in [2.24, 2.45) is 0 Å². The number of benzene rings is 2. The highest BCUT2D eigenvalue weighted by molar-refractivity contribution is 9.11. The highest BCUT2D eigenvalue weighted by Gasteiger charge is 2.10. The van der Waals surface area contributed by atoms with E-state index in [1.54, 1.807) is 6.07 Å². The van der Waals surface area contributed by atoms with Crippen LogP contribution >= 0.6 is 55.1 Å². The van der Waals surface area contributed by atoms with Crippen LogP contribution in [0.25, 0.3) is 0 Å². The Morgan fingerprint density at radius 1 is 1.05 bits per heavy atom. The summed E-state index contributed by atoms with van der Waals surface area (Å²) in [6.45, 7) is 4.66. The highest BCUT2D eigenvalue weighted by Crippen LogP contribution is 2.35. The normalized spacial score (nSPS) is 10.9. The van der Waals surface area contributed by atoms with Crippen LogP contribution in [-0.2, 0) is 6.54 Å². The van der Waals surface area contributed by atoms with Gasteiger partial charge in [0.25, 0.3) is 0 Å². The zero-order valence-electron chi connectivity index (χ0n) is 12.1. The fourth-order valence-electron chi connectivity index (χ4n) is 1.87. The second-order valence-corrected chi connectivity index (χ2v) is 7.56. The molecule has 0 fully saturated rings. The molecule has 2 rings (SSSR count). The van der Waals surface area contributed by atoms with Crippen molar-refractivity contribution in [3.05, 3.63) is 54.9 Å². The van der Waals surface area contributed by atoms with Crippen LogP contribution in [0.1, 0.15) is 19.4 Å². The highest BCUT2D eigenvalue weighted by atomic mass is 79.9. The molecule has 0 bridgehead atoms. The van der Waals surface area contributed by atoms with Gasteiger partial charge in [-0.05, 0) is 81.6 Å². The molecule has 0 heterocycles. The third-order valence-electron chi connectivity index (χ3n) is 2.83. The van der Waals surface area contributed by atoms with Crippen molar-refractivity contribution in [2.45, 2.75) is 26.5 Å². The van der Waals surface area contributed by atoms with Crippen molar-refractivity contribution in [3.63, 3.8) is 0 Å². The van der Waals surface area contributed by atoms with Crippen LogP contribution in [0.3, 0.4) is 0 Å². The molecule has 0 unspecified atom stereocenters. The number of nitrogens with one attached hydrogen (secondary N) is 1. The van der Waals surface area contributed by atoms with Crippen molar-refractivity contribution in [1.82, 2.24) is 0 Å². The summed E-state index contributed by atoms with van der Waals surface area (Å²) in [6.07, 6.45) is 0.118. The molecule has 22 heavy (non-hydrogen) atoms. The fourth-order valence-corrected chi connectivity index (χ4v) is 3.64. The predicted octanol–water partition coefficient (Wildman–Crippen LogP) is 6.92. The molecule has 1 N–H and O–H groups in total. The zero-order chi connectivity index (χ0) is 16.3. The van der Waals surface area contributed by atoms with Gasteiger partial charge in [-0.3, -0.25) is 0 Å². The Hall–Kier alpha value is -0.420. The molecule has 0 aromatic heterocycles. The summed E-state index contributed by atoms with van der Waals surface area (Å²) in [7, 11) is 0. The second kappa shape index (κ2) is 7.91. The van der Waals surface area contributed by atoms with Crippen LogP contribution in [0.5, 0.6) is 5.75 Å². The van der Waals surface area contributed by atoms with Crippen LogP contribution in [0.2, 0.25) is 10.0 Å². The molecular formula is C16H15Br2Cl2NO. The number of anilines is 1. The molecule has 2 nitrogen and oxygen atoms in total. The first-order chi connectivity index (χ1) is 10.4. The first-order valence-corrected chi connectivity index (χ1v) is 9.04. The second-order valence-electron chi connectivity index (χ2n) is 5.04. The minimum absolute atomic E-state index is 0.118. The molecule has 0 saturated carbocycles. The lowest BCUT2D eigenvalue weighted by molar-refractivity contribution is 0.239. The maximum Gasteiger partial charge on any atom is 0.148 e. The van der Waals surface area contributed by atoms with Crippen molar-refractivity contribution in [3.8, 4) is 5.75 Å². The molecule has 0 radical (unpaired) electrons. The Bertz CT molecular complexity index is 654. The third-order valence-corrected chi connectivity index (χ3v) is 4.74. The van der Waals surface area contributed by atoms with Crippen molar-refractivity contribution >= 4 is 60.7 Å². The lowest BCUT2D eigenvalue weighted by atomic mass is 10.2. The molecule has 2 aromatic rings. The Kier molecular flexibility index (Phi) is 6.45. The minimum atomic E-state index is 0.118. The number of hydrogen-bond acceptors (Lipinski definition) is 2. The average Bonchev–Trinajstić information content (AvgIpc) is 2.44. The van der Waals surface area contributed by atoms with Crippen LogP contribution in [-0.4, -0.2) is 6.10 Å². The van der Waals surface area contributed by atoms with Gasteiger partial charge in [0.2, 0.25) is 0 Å². The van der Waals surface area contributed by atoms with Gasteiger partial charge in [0.15, 0.2) is 0 Å². The molecule has 0 atom stereocenters. The van der Waals surface area contributed by atoms with E-state index in [2.05, 4.69) is 37.2 Å². The molecule has 0 aliphatic rings. The smallest absolute Gasteiger partial charge is 0.148 e. The van der Waals surface area contributed by atoms with Gasteiger partial charge in [0, 0.05) is 12.2 Å². The van der Waals surface area contributed by atoms with Crippen LogP contribution in [0.15, 0.2) is 39.3 Å². The van der Waals surface area contributed by atoms with E-state index in [1.165, 1.54) is 0 Å². The van der Waals surface area contributed by atoms with Crippen molar-refractivity contribution < 1.29 is 4.74 Å². The molecule has 0 aliphatic heterocycles. The summed E-state index contributed by atoms with van der Waals surface area (Å²) in [5.41, 5.74) is 2.03. The summed E-state index contributed by atoms with van der Waals surface area (Å²) >= 11 is 19.0. The van der Waals surface area contributed by atoms with Crippen LogP contribution in [0, 0.1) is 0 Å². The van der Waals surface area contributed by atoms with E-state index in [0.29, 0.717) is 16.6 Å². The molecular weight excluding hydrogens is 453 g/mol. The molecule has 0 spiro atoms. The Balaban J connectivity index is 2.11. The standard InChI is InChI=1S/C16H15Br2Cl2NO/c1-9(2)22-16-12(17)5-10(6-13(16)18)8-21-11-3-4-14(19)15(20)7-11/h3-7,9,21H,8H2,1-2H3. The van der Waals surface area contributed by atoms with Gasteiger partial charge in [0.05, 0.1) is 25.1 Å². The van der Waals surface area contributed by atoms with Crippen LogP contribution < -0.4 is 10.1 Å². The predicted molar refractivity (Wildman–Crippen MR) is 101 cm³/mol. The summed E-state index contributed by atoms with van der Waals surface area (Å²) in [5.74, 6) is 0.813. The topological polar surface area (TPSA) is 21.3 Å². The van der Waals surface area contributed by atoms with E-state index in [9.17, 15) is 0 Å². The molecule has 0 saturated heterocycles. The summed E-state index contributed by atoms with van der Waals surface area (Å²) in [4.78, 5) is 0. The minimum Gasteiger partial charge on any atom is -0.489 e. The van der Waals surface area contributed by atoms with E-state index in [-0.39, 0.29) is 6.10 Å². The van der Waals surface area contributed by atoms with Gasteiger partial charge in [-0.2, -0.15) is 0 Å². The van der Waals surface area contributed by atoms with Crippen molar-refractivity contribution in [2.75, 3.05) is 5.32 Å². The van der Waals surface area contributed by atoms with Gasteiger partial charge >= 0.3 is 0 Å². The van der Waals surface area contributed by atoms with Gasteiger partial charge in [0.1, 0.15) is 5.75 Å². The SMILES string of the molecule is CC(C)Oc1c(Br)cc(CNc2ccc(Cl)c(Cl)c2)cc1Br. The van der Waals surface area contributed by atoms with Gasteiger partial charge < -0.3 is 10.1 Å². The number of halogens is 4. The fraction of sp³-hybridized carbons (Fsp3) is 0.250. The van der Waals surface area contributed by atoms with E-state index in [4.69, 9.17) is 27.9 Å². The van der Waals surface area contributed by atoms with Gasteiger partial charge in [-0.15, -0.1) is 0 Å². The number of ether oxygens (including phenoxy) is 1. The first kappa shape index (κ1) is 17.9. The first-order valence-electron chi connectivity index (χ1n) is 6.70. The monoisotopic (exact) mass is 465 g/mol. The van der Waals surface area contributed by atoms with E-state index in [1.807, 2.05) is 38.1 Å². The van der Waals surface area contributed by atoms with Gasteiger partial charge in [-0.25, -0.2) is 0 Å². The largest absolute Gasteiger partial charge is 0.489 e. The van der Waals surface area contributed by atoms with E-state index >= 15 is 0 Å². The lowest BCUT2D eigenvalue weighted by Gasteiger charge is -2.15. The average molecular weight is 468 g/mol. The molecule has 118 valence electrons. The number of hydrogen-bond donors (Lipinski definition) is 1. The maximum atomic E-state index is 6.01. The molecule has 0 aliphatic carbocycles. The Labute approximate surface area is 157 Å². The molecule has 2 aromatic carbocycles. The van der Waals surface area contributed by atoms with E-state index in [0.717, 1.165) is 25.9 Å².